The van der Waals surface area contributed by atoms with E-state index in [4.69, 9.17) is 16.3 Å². The minimum Gasteiger partial charge on any atom is -0.378 e. The number of morpholine rings is 1. The first-order valence-electron chi connectivity index (χ1n) is 10.9. The molecule has 2 heterocycles. The Hall–Kier alpha value is -3.16. The van der Waals surface area contributed by atoms with Crippen molar-refractivity contribution in [3.8, 4) is 5.69 Å². The lowest BCUT2D eigenvalue weighted by atomic mass is 10.1. The van der Waals surface area contributed by atoms with Gasteiger partial charge < -0.3 is 15.0 Å². The molecule has 1 saturated heterocycles. The van der Waals surface area contributed by atoms with Crippen molar-refractivity contribution in [1.29, 1.82) is 0 Å². The zero-order chi connectivity index (χ0) is 23.5. The van der Waals surface area contributed by atoms with Gasteiger partial charge in [0.2, 0.25) is 5.91 Å². The van der Waals surface area contributed by atoms with Gasteiger partial charge >= 0.3 is 0 Å². The number of amides is 2. The van der Waals surface area contributed by atoms with E-state index in [0.717, 1.165) is 28.2 Å². The minimum atomic E-state index is -0.144. The molecule has 0 aliphatic carbocycles. The summed E-state index contributed by atoms with van der Waals surface area (Å²) < 4.78 is 7.11. The summed E-state index contributed by atoms with van der Waals surface area (Å²) in [5.74, 6) is -0.166. The number of benzene rings is 2. The summed E-state index contributed by atoms with van der Waals surface area (Å²) in [5, 5.41) is 8.20. The highest BCUT2D eigenvalue weighted by molar-refractivity contribution is 6.31. The predicted octanol–water partition coefficient (Wildman–Crippen LogP) is 4.10. The van der Waals surface area contributed by atoms with Gasteiger partial charge in [0.25, 0.3) is 5.91 Å². The quantitative estimate of drug-likeness (QED) is 0.614. The molecule has 0 atom stereocenters. The summed E-state index contributed by atoms with van der Waals surface area (Å²) in [6.07, 6.45) is 0.200. The average molecular weight is 467 g/mol. The van der Waals surface area contributed by atoms with Gasteiger partial charge in [0.15, 0.2) is 0 Å². The molecule has 0 radical (unpaired) electrons. The van der Waals surface area contributed by atoms with Gasteiger partial charge in [-0.2, -0.15) is 5.10 Å². The van der Waals surface area contributed by atoms with Gasteiger partial charge in [-0.1, -0.05) is 17.7 Å². The summed E-state index contributed by atoms with van der Waals surface area (Å²) in [7, 11) is 0. The van der Waals surface area contributed by atoms with E-state index in [9.17, 15) is 9.59 Å². The summed E-state index contributed by atoms with van der Waals surface area (Å²) >= 11 is 6.28. The zero-order valence-electron chi connectivity index (χ0n) is 19.0. The van der Waals surface area contributed by atoms with Crippen LogP contribution in [0.5, 0.6) is 0 Å². The topological polar surface area (TPSA) is 76.5 Å². The van der Waals surface area contributed by atoms with Gasteiger partial charge in [0, 0.05) is 40.6 Å². The van der Waals surface area contributed by atoms with Crippen LogP contribution >= 0.6 is 11.6 Å². The molecule has 1 fully saturated rings. The third kappa shape index (κ3) is 5.10. The Bertz CT molecular complexity index is 1180. The Morgan fingerprint density at radius 3 is 2.42 bits per heavy atom. The van der Waals surface area contributed by atoms with E-state index in [0.29, 0.717) is 42.6 Å². The van der Waals surface area contributed by atoms with Crippen molar-refractivity contribution in [3.05, 3.63) is 75.6 Å². The SMILES string of the molecule is Cc1ccc(-n2nc(C)c(CC(=O)Nc3ccc(C(=O)N4CCOCC4)cc3)c2C)cc1Cl. The van der Waals surface area contributed by atoms with Crippen molar-refractivity contribution in [3.63, 3.8) is 0 Å². The maximum Gasteiger partial charge on any atom is 0.254 e. The van der Waals surface area contributed by atoms with Gasteiger partial charge in [-0.3, -0.25) is 9.59 Å². The molecule has 0 saturated carbocycles. The number of ether oxygens (including phenoxy) is 1. The third-order valence-electron chi connectivity index (χ3n) is 5.89. The number of rotatable bonds is 5. The lowest BCUT2D eigenvalue weighted by molar-refractivity contribution is -0.115. The van der Waals surface area contributed by atoms with Gasteiger partial charge in [0.05, 0.1) is 31.0 Å². The lowest BCUT2D eigenvalue weighted by Gasteiger charge is -2.26. The maximum absolute atomic E-state index is 12.7. The number of anilines is 1. The van der Waals surface area contributed by atoms with Crippen LogP contribution in [0.1, 0.15) is 32.9 Å². The second-order valence-electron chi connectivity index (χ2n) is 8.20. The summed E-state index contributed by atoms with van der Waals surface area (Å²) in [5.41, 5.74) is 5.67. The van der Waals surface area contributed by atoms with Gasteiger partial charge in [-0.25, -0.2) is 4.68 Å². The van der Waals surface area contributed by atoms with Crippen molar-refractivity contribution in [2.45, 2.75) is 27.2 Å². The number of carbonyl (C=O) groups excluding carboxylic acids is 2. The fourth-order valence-corrected chi connectivity index (χ4v) is 4.08. The van der Waals surface area contributed by atoms with Crippen molar-refractivity contribution in [1.82, 2.24) is 14.7 Å². The molecule has 0 unspecified atom stereocenters. The molecular formula is C25H27ClN4O3. The number of aromatic nitrogens is 2. The molecule has 1 aromatic heterocycles. The van der Waals surface area contributed by atoms with Crippen molar-refractivity contribution in [2.75, 3.05) is 31.6 Å². The fourth-order valence-electron chi connectivity index (χ4n) is 3.91. The molecule has 2 aromatic carbocycles. The van der Waals surface area contributed by atoms with Gasteiger partial charge in [-0.15, -0.1) is 0 Å². The first kappa shape index (κ1) is 23.0. The second kappa shape index (κ2) is 9.77. The lowest BCUT2D eigenvalue weighted by Crippen LogP contribution is -2.40. The van der Waals surface area contributed by atoms with Crippen LogP contribution in [-0.4, -0.2) is 52.8 Å². The summed E-state index contributed by atoms with van der Waals surface area (Å²) in [4.78, 5) is 27.1. The van der Waals surface area contributed by atoms with E-state index in [1.165, 1.54) is 0 Å². The number of nitrogens with one attached hydrogen (secondary N) is 1. The van der Waals surface area contributed by atoms with E-state index in [1.807, 2.05) is 43.7 Å². The van der Waals surface area contributed by atoms with Crippen LogP contribution in [0.15, 0.2) is 42.5 Å². The molecule has 3 aromatic rings. The molecule has 1 aliphatic rings. The number of nitrogens with zero attached hydrogens (tertiary/aromatic N) is 3. The summed E-state index contributed by atoms with van der Waals surface area (Å²) in [6.45, 7) is 8.11. The zero-order valence-corrected chi connectivity index (χ0v) is 19.8. The van der Waals surface area contributed by atoms with Crippen LogP contribution in [-0.2, 0) is 16.0 Å². The van der Waals surface area contributed by atoms with E-state index >= 15 is 0 Å². The third-order valence-corrected chi connectivity index (χ3v) is 6.30. The molecule has 8 heteroatoms. The van der Waals surface area contributed by atoms with Crippen molar-refractivity contribution >= 4 is 29.1 Å². The van der Waals surface area contributed by atoms with Crippen LogP contribution in [0, 0.1) is 20.8 Å². The van der Waals surface area contributed by atoms with E-state index < -0.39 is 0 Å². The number of aryl methyl sites for hydroxylation is 2. The Balaban J connectivity index is 1.43. The maximum atomic E-state index is 12.7. The average Bonchev–Trinajstić information content (AvgIpc) is 3.09. The van der Waals surface area contributed by atoms with Gasteiger partial charge in [0.1, 0.15) is 0 Å². The number of carbonyl (C=O) groups is 2. The highest BCUT2D eigenvalue weighted by Gasteiger charge is 2.19. The molecule has 1 N–H and O–H groups in total. The first-order valence-corrected chi connectivity index (χ1v) is 11.3. The fraction of sp³-hybridized carbons (Fsp3) is 0.320. The van der Waals surface area contributed by atoms with Gasteiger partial charge in [-0.05, 0) is 62.7 Å². The Morgan fingerprint density at radius 1 is 1.06 bits per heavy atom. The molecule has 33 heavy (non-hydrogen) atoms. The normalized spacial score (nSPS) is 13.8. The molecule has 4 rings (SSSR count). The Morgan fingerprint density at radius 2 is 1.76 bits per heavy atom. The molecule has 0 spiro atoms. The predicted molar refractivity (Wildman–Crippen MR) is 128 cm³/mol. The summed E-state index contributed by atoms with van der Waals surface area (Å²) in [6, 6.07) is 12.8. The van der Waals surface area contributed by atoms with Crippen LogP contribution in [0.3, 0.4) is 0 Å². The van der Waals surface area contributed by atoms with Crippen LogP contribution in [0.4, 0.5) is 5.69 Å². The van der Waals surface area contributed by atoms with Crippen molar-refractivity contribution < 1.29 is 14.3 Å². The molecule has 1 aliphatic heterocycles. The molecule has 172 valence electrons. The number of hydrogen-bond donors (Lipinski definition) is 1. The van der Waals surface area contributed by atoms with E-state index in [1.54, 1.807) is 29.2 Å². The smallest absolute Gasteiger partial charge is 0.254 e. The Kier molecular flexibility index (Phi) is 6.81. The first-order chi connectivity index (χ1) is 15.8. The standard InChI is InChI=1S/C25H27ClN4O3/c1-16-4-9-21(14-23(16)26)30-18(3)22(17(2)28-30)15-24(31)27-20-7-5-19(6-8-20)25(32)29-10-12-33-13-11-29/h4-9,14H,10-13,15H2,1-3H3,(H,27,31). The van der Waals surface area contributed by atoms with Crippen molar-refractivity contribution in [2.24, 2.45) is 0 Å². The van der Waals surface area contributed by atoms with Crippen LogP contribution in [0.2, 0.25) is 5.02 Å². The highest BCUT2D eigenvalue weighted by atomic mass is 35.5. The largest absolute Gasteiger partial charge is 0.378 e. The number of hydrogen-bond acceptors (Lipinski definition) is 4. The molecule has 2 amide bonds. The van der Waals surface area contributed by atoms with Crippen LogP contribution in [0.25, 0.3) is 5.69 Å². The van der Waals surface area contributed by atoms with Crippen LogP contribution < -0.4 is 5.32 Å². The second-order valence-corrected chi connectivity index (χ2v) is 8.61. The van der Waals surface area contributed by atoms with E-state index in [2.05, 4.69) is 10.4 Å². The number of halogens is 1. The highest BCUT2D eigenvalue weighted by Crippen LogP contribution is 2.23. The van der Waals surface area contributed by atoms with E-state index in [-0.39, 0.29) is 18.2 Å². The molecule has 0 bridgehead atoms. The minimum absolute atomic E-state index is 0.0222. The Labute approximate surface area is 198 Å². The molecular weight excluding hydrogens is 440 g/mol. The molecule has 7 nitrogen and oxygen atoms in total. The monoisotopic (exact) mass is 466 g/mol.